The van der Waals surface area contributed by atoms with E-state index in [2.05, 4.69) is 15.5 Å². The molecule has 0 unspecified atom stereocenters. The Morgan fingerprint density at radius 3 is 2.54 bits per heavy atom. The summed E-state index contributed by atoms with van der Waals surface area (Å²) in [6.45, 7) is 1.92. The zero-order valence-electron chi connectivity index (χ0n) is 14.3. The van der Waals surface area contributed by atoms with E-state index in [0.29, 0.717) is 10.7 Å². The number of anilines is 1. The van der Waals surface area contributed by atoms with Crippen LogP contribution in [0.15, 0.2) is 47.8 Å². The van der Waals surface area contributed by atoms with Crippen LogP contribution in [-0.2, 0) is 0 Å². The summed E-state index contributed by atoms with van der Waals surface area (Å²) in [4.78, 5) is 24.8. The van der Waals surface area contributed by atoms with E-state index >= 15 is 0 Å². The molecule has 1 N–H and O–H groups in total. The Bertz CT molecular complexity index is 1080. The fraction of sp³-hybridized carbons (Fsp3) is 0.0625. The quantitative estimate of drug-likeness (QED) is 0.288. The number of hydrazone groups is 1. The van der Waals surface area contributed by atoms with Crippen molar-refractivity contribution in [2.24, 2.45) is 5.10 Å². The number of non-ortho nitro benzene ring substituents is 1. The van der Waals surface area contributed by atoms with Gasteiger partial charge in [0.15, 0.2) is 5.19 Å². The number of pyridine rings is 1. The molecule has 0 aliphatic rings. The van der Waals surface area contributed by atoms with Crippen LogP contribution in [0.4, 0.5) is 17.1 Å². The molecular formula is C16H12N6O5S. The summed E-state index contributed by atoms with van der Waals surface area (Å²) < 4.78 is 1.65. The maximum atomic E-state index is 11.7. The maximum Gasteiger partial charge on any atom is 0.346 e. The Morgan fingerprint density at radius 1 is 1.18 bits per heavy atom. The fourth-order valence-corrected chi connectivity index (χ4v) is 2.92. The zero-order chi connectivity index (χ0) is 20.3. The molecule has 0 bridgehead atoms. The van der Waals surface area contributed by atoms with E-state index in [0.717, 1.165) is 29.0 Å². The van der Waals surface area contributed by atoms with E-state index in [1.54, 1.807) is 17.0 Å². The van der Waals surface area contributed by atoms with Gasteiger partial charge in [-0.25, -0.2) is 4.57 Å². The van der Waals surface area contributed by atoms with Crippen molar-refractivity contribution in [3.63, 3.8) is 0 Å². The van der Waals surface area contributed by atoms with Crippen molar-refractivity contribution in [2.75, 3.05) is 5.43 Å². The lowest BCUT2D eigenvalue weighted by molar-refractivity contribution is -0.599. The van der Waals surface area contributed by atoms with Gasteiger partial charge in [-0.05, 0) is 35.7 Å². The highest BCUT2D eigenvalue weighted by atomic mass is 32.1. The van der Waals surface area contributed by atoms with Gasteiger partial charge in [-0.1, -0.05) is 11.3 Å². The summed E-state index contributed by atoms with van der Waals surface area (Å²) >= 11 is 0.865. The van der Waals surface area contributed by atoms with Crippen molar-refractivity contribution in [3.8, 4) is 11.0 Å². The lowest BCUT2D eigenvalue weighted by Gasteiger charge is -2.01. The summed E-state index contributed by atoms with van der Waals surface area (Å²) in [5.41, 5.74) is 2.60. The summed E-state index contributed by atoms with van der Waals surface area (Å²) in [7, 11) is 0. The highest BCUT2D eigenvalue weighted by Crippen LogP contribution is 2.29. The summed E-state index contributed by atoms with van der Waals surface area (Å²) in [6.07, 6.45) is 4.80. The van der Waals surface area contributed by atoms with Crippen LogP contribution in [0.1, 0.15) is 10.4 Å². The lowest BCUT2D eigenvalue weighted by atomic mass is 10.2. The molecule has 0 atom stereocenters. The molecule has 0 aliphatic heterocycles. The summed E-state index contributed by atoms with van der Waals surface area (Å²) in [5, 5.41) is 37.1. The zero-order valence-corrected chi connectivity index (χ0v) is 15.1. The Hall–Kier alpha value is -3.93. The number of rotatable bonds is 6. The van der Waals surface area contributed by atoms with E-state index < -0.39 is 26.4 Å². The van der Waals surface area contributed by atoms with Crippen LogP contribution in [0, 0.1) is 27.2 Å². The fourth-order valence-electron chi connectivity index (χ4n) is 2.25. The lowest BCUT2D eigenvalue weighted by Crippen LogP contribution is -2.31. The molecule has 2 aromatic heterocycles. The van der Waals surface area contributed by atoms with Gasteiger partial charge in [0.25, 0.3) is 5.69 Å². The number of benzene rings is 1. The Morgan fingerprint density at radius 2 is 1.89 bits per heavy atom. The second-order valence-corrected chi connectivity index (χ2v) is 6.53. The van der Waals surface area contributed by atoms with Crippen molar-refractivity contribution in [3.05, 3.63) is 73.4 Å². The first kappa shape index (κ1) is 18.8. The van der Waals surface area contributed by atoms with Crippen LogP contribution >= 0.6 is 11.3 Å². The highest BCUT2D eigenvalue weighted by Gasteiger charge is 2.20. The topological polar surface area (TPSA) is 151 Å². The molecular weight excluding hydrogens is 388 g/mol. The molecule has 28 heavy (non-hydrogen) atoms. The molecule has 1 aromatic carbocycles. The van der Waals surface area contributed by atoms with E-state index in [1.165, 1.54) is 12.3 Å². The number of hydrogen-bond donors (Lipinski definition) is 1. The van der Waals surface area contributed by atoms with E-state index in [4.69, 9.17) is 0 Å². The Labute approximate surface area is 161 Å². The molecule has 142 valence electrons. The van der Waals surface area contributed by atoms with Crippen molar-refractivity contribution in [1.29, 1.82) is 0 Å². The Balaban J connectivity index is 1.87. The van der Waals surface area contributed by atoms with Gasteiger partial charge in [-0.15, -0.1) is 0 Å². The number of nitro benzene ring substituents is 2. The molecule has 0 amide bonds. The van der Waals surface area contributed by atoms with Gasteiger partial charge >= 0.3 is 11.5 Å². The van der Waals surface area contributed by atoms with Gasteiger partial charge in [0.2, 0.25) is 0 Å². The normalized spacial score (nSPS) is 10.9. The molecule has 11 nitrogen and oxygen atoms in total. The predicted molar refractivity (Wildman–Crippen MR) is 98.8 cm³/mol. The number of nitrogens with one attached hydrogen (secondary N) is 1. The molecule has 3 rings (SSSR count). The molecule has 0 saturated heterocycles. The van der Waals surface area contributed by atoms with Crippen molar-refractivity contribution < 1.29 is 19.5 Å². The molecule has 0 saturated carbocycles. The third kappa shape index (κ3) is 4.07. The predicted octanol–water partition coefficient (Wildman–Crippen LogP) is 2.06. The van der Waals surface area contributed by atoms with E-state index in [9.17, 15) is 25.3 Å². The summed E-state index contributed by atoms with van der Waals surface area (Å²) in [5.74, 6) is 0.374. The number of nitrogens with zero attached hydrogens (tertiary/aromatic N) is 5. The monoisotopic (exact) mass is 400 g/mol. The minimum Gasteiger partial charge on any atom is -0.831 e. The number of aryl methyl sites for hydroxylation is 1. The molecule has 0 aliphatic carbocycles. The first-order chi connectivity index (χ1) is 13.3. The second-order valence-electron chi connectivity index (χ2n) is 5.54. The number of thiazole rings is 1. The van der Waals surface area contributed by atoms with E-state index in [-0.39, 0.29) is 5.69 Å². The van der Waals surface area contributed by atoms with Gasteiger partial charge in [-0.2, -0.15) is 5.10 Å². The minimum atomic E-state index is -0.749. The largest absolute Gasteiger partial charge is 0.831 e. The average Bonchev–Trinajstić information content (AvgIpc) is 3.02. The SMILES string of the molecule is Cc1cc[n+](-c2nc([O-])sc2C=NNc2ccc([N+](=O)[O-])cc2[N+](=O)[O-])cc1. The van der Waals surface area contributed by atoms with Gasteiger partial charge in [0, 0.05) is 6.07 Å². The minimum absolute atomic E-state index is 0.0248. The highest BCUT2D eigenvalue weighted by molar-refractivity contribution is 7.15. The molecule has 2 heterocycles. The standard InChI is InChI=1S/C16H12N6O5S/c1-10-4-6-20(7-5-10)15-14(28-16(23)18-15)9-17-19-12-3-2-11(21(24)25)8-13(12)22(26)27/h2-9,19H,1H3. The average molecular weight is 400 g/mol. The van der Waals surface area contributed by atoms with E-state index in [1.807, 2.05) is 19.1 Å². The van der Waals surface area contributed by atoms with Gasteiger partial charge < -0.3 is 5.11 Å². The second kappa shape index (κ2) is 7.75. The third-order valence-corrected chi connectivity index (χ3v) is 4.38. The molecule has 12 heteroatoms. The van der Waals surface area contributed by atoms with Crippen LogP contribution in [0.3, 0.4) is 0 Å². The third-order valence-electron chi connectivity index (χ3n) is 3.61. The van der Waals surface area contributed by atoms with Gasteiger partial charge in [0.1, 0.15) is 10.6 Å². The van der Waals surface area contributed by atoms with Crippen LogP contribution in [0.5, 0.6) is 5.19 Å². The Kier molecular flexibility index (Phi) is 5.22. The van der Waals surface area contributed by atoms with Crippen molar-refractivity contribution in [1.82, 2.24) is 4.98 Å². The molecule has 3 aromatic rings. The van der Waals surface area contributed by atoms with Crippen LogP contribution in [0.2, 0.25) is 0 Å². The number of nitro groups is 2. The smallest absolute Gasteiger partial charge is 0.346 e. The van der Waals surface area contributed by atoms with Crippen LogP contribution in [-0.4, -0.2) is 21.0 Å². The number of hydrogen-bond acceptors (Lipinski definition) is 9. The van der Waals surface area contributed by atoms with Crippen molar-refractivity contribution in [2.45, 2.75) is 6.92 Å². The summed E-state index contributed by atoms with van der Waals surface area (Å²) in [6, 6.07) is 6.86. The molecule has 0 radical (unpaired) electrons. The first-order valence-corrected chi connectivity index (χ1v) is 8.55. The maximum absolute atomic E-state index is 11.7. The van der Waals surface area contributed by atoms with Crippen LogP contribution < -0.4 is 15.1 Å². The number of aromatic nitrogens is 2. The van der Waals surface area contributed by atoms with Gasteiger partial charge in [0.05, 0.1) is 34.5 Å². The van der Waals surface area contributed by atoms with Crippen LogP contribution in [0.25, 0.3) is 5.82 Å². The molecule has 0 fully saturated rings. The van der Waals surface area contributed by atoms with Gasteiger partial charge in [-0.3, -0.25) is 25.7 Å². The molecule has 0 spiro atoms. The first-order valence-electron chi connectivity index (χ1n) is 7.73. The van der Waals surface area contributed by atoms with Crippen molar-refractivity contribution >= 4 is 34.6 Å².